The summed E-state index contributed by atoms with van der Waals surface area (Å²) in [5, 5.41) is 0. The SMILES string of the molecule is Cc1nc(CN2C[C@H](C(C)C)[C@@H](N(C)C)C2)n(C)c1C. The Morgan fingerprint density at radius 2 is 1.90 bits per heavy atom. The molecule has 0 saturated carbocycles. The average Bonchev–Trinajstić information content (AvgIpc) is 2.88. The number of aryl methyl sites for hydroxylation is 1. The molecule has 1 fully saturated rings. The van der Waals surface area contributed by atoms with Crippen LogP contribution in [0.5, 0.6) is 0 Å². The number of hydrogen-bond donors (Lipinski definition) is 0. The maximum absolute atomic E-state index is 4.72. The second-order valence-electron chi connectivity index (χ2n) is 6.89. The highest BCUT2D eigenvalue weighted by molar-refractivity contribution is 5.13. The van der Waals surface area contributed by atoms with Crippen LogP contribution < -0.4 is 0 Å². The molecule has 114 valence electrons. The average molecular weight is 278 g/mol. The van der Waals surface area contributed by atoms with Crippen LogP contribution in [0.25, 0.3) is 0 Å². The Bertz CT molecular complexity index is 445. The Hall–Kier alpha value is -0.870. The van der Waals surface area contributed by atoms with E-state index in [0.29, 0.717) is 6.04 Å². The molecule has 1 aliphatic rings. The molecule has 0 unspecified atom stereocenters. The van der Waals surface area contributed by atoms with Crippen LogP contribution in [0.15, 0.2) is 0 Å². The van der Waals surface area contributed by atoms with Gasteiger partial charge in [-0.05, 0) is 39.8 Å². The standard InChI is InChI=1S/C16H30N4/c1-11(2)14-8-20(9-15(14)18(5)6)10-16-17-12(3)13(4)19(16)7/h11,14-15H,8-10H2,1-7H3/t14-,15+/m1/s1. The fraction of sp³-hybridized carbons (Fsp3) is 0.812. The van der Waals surface area contributed by atoms with Crippen LogP contribution in [0.3, 0.4) is 0 Å². The first-order chi connectivity index (χ1) is 9.31. The van der Waals surface area contributed by atoms with Crippen LogP contribution in [-0.4, -0.2) is 52.6 Å². The number of hydrogen-bond acceptors (Lipinski definition) is 3. The van der Waals surface area contributed by atoms with Crippen LogP contribution in [0.2, 0.25) is 0 Å². The molecule has 2 heterocycles. The van der Waals surface area contributed by atoms with Crippen molar-refractivity contribution in [3.05, 3.63) is 17.2 Å². The number of imidazole rings is 1. The normalized spacial score (nSPS) is 24.2. The zero-order valence-corrected chi connectivity index (χ0v) is 14.1. The third-order valence-electron chi connectivity index (χ3n) is 5.00. The maximum atomic E-state index is 4.72. The van der Waals surface area contributed by atoms with E-state index in [1.807, 2.05) is 0 Å². The molecule has 4 nitrogen and oxygen atoms in total. The lowest BCUT2D eigenvalue weighted by atomic mass is 9.91. The van der Waals surface area contributed by atoms with Gasteiger partial charge < -0.3 is 9.47 Å². The van der Waals surface area contributed by atoms with Crippen LogP contribution in [0, 0.1) is 25.7 Å². The molecule has 0 radical (unpaired) electrons. The first kappa shape index (κ1) is 15.5. The topological polar surface area (TPSA) is 24.3 Å². The van der Waals surface area contributed by atoms with Gasteiger partial charge in [-0.1, -0.05) is 13.8 Å². The van der Waals surface area contributed by atoms with E-state index in [9.17, 15) is 0 Å². The molecule has 1 aromatic heterocycles. The van der Waals surface area contributed by atoms with Crippen molar-refractivity contribution in [3.63, 3.8) is 0 Å². The van der Waals surface area contributed by atoms with Gasteiger partial charge in [-0.2, -0.15) is 0 Å². The minimum absolute atomic E-state index is 0.664. The lowest BCUT2D eigenvalue weighted by Gasteiger charge is -2.27. The Labute approximate surface area is 123 Å². The highest BCUT2D eigenvalue weighted by Crippen LogP contribution is 2.28. The van der Waals surface area contributed by atoms with Gasteiger partial charge in [-0.3, -0.25) is 4.90 Å². The van der Waals surface area contributed by atoms with Gasteiger partial charge in [0, 0.05) is 31.9 Å². The van der Waals surface area contributed by atoms with E-state index in [1.54, 1.807) is 0 Å². The van der Waals surface area contributed by atoms with Crippen molar-refractivity contribution in [2.45, 2.75) is 40.3 Å². The molecular weight excluding hydrogens is 248 g/mol. The lowest BCUT2D eigenvalue weighted by molar-refractivity contribution is 0.215. The van der Waals surface area contributed by atoms with E-state index in [2.05, 4.69) is 63.2 Å². The molecule has 2 atom stereocenters. The van der Waals surface area contributed by atoms with Crippen molar-refractivity contribution in [2.75, 3.05) is 27.2 Å². The fourth-order valence-electron chi connectivity index (χ4n) is 3.35. The monoisotopic (exact) mass is 278 g/mol. The van der Waals surface area contributed by atoms with E-state index in [4.69, 9.17) is 4.98 Å². The van der Waals surface area contributed by atoms with E-state index < -0.39 is 0 Å². The molecule has 0 spiro atoms. The van der Waals surface area contributed by atoms with Gasteiger partial charge in [-0.15, -0.1) is 0 Å². The Morgan fingerprint density at radius 1 is 1.25 bits per heavy atom. The summed E-state index contributed by atoms with van der Waals surface area (Å²) < 4.78 is 2.24. The molecule has 0 N–H and O–H groups in total. The highest BCUT2D eigenvalue weighted by atomic mass is 15.3. The molecule has 1 saturated heterocycles. The van der Waals surface area contributed by atoms with E-state index in [0.717, 1.165) is 30.6 Å². The van der Waals surface area contributed by atoms with E-state index in [-0.39, 0.29) is 0 Å². The van der Waals surface area contributed by atoms with Crippen molar-refractivity contribution in [1.29, 1.82) is 0 Å². The largest absolute Gasteiger partial charge is 0.334 e. The van der Waals surface area contributed by atoms with E-state index >= 15 is 0 Å². The predicted octanol–water partition coefficient (Wildman–Crippen LogP) is 2.05. The highest BCUT2D eigenvalue weighted by Gasteiger charge is 2.36. The number of aromatic nitrogens is 2. The van der Waals surface area contributed by atoms with Crippen molar-refractivity contribution < 1.29 is 0 Å². The summed E-state index contributed by atoms with van der Waals surface area (Å²) in [4.78, 5) is 9.68. The van der Waals surface area contributed by atoms with Gasteiger partial charge in [0.05, 0.1) is 12.2 Å². The number of rotatable bonds is 4. The second kappa shape index (κ2) is 5.86. The predicted molar refractivity (Wildman–Crippen MR) is 83.8 cm³/mol. The van der Waals surface area contributed by atoms with Crippen molar-refractivity contribution in [3.8, 4) is 0 Å². The zero-order valence-electron chi connectivity index (χ0n) is 14.1. The summed E-state index contributed by atoms with van der Waals surface area (Å²) in [5.74, 6) is 2.69. The minimum atomic E-state index is 0.664. The van der Waals surface area contributed by atoms with Crippen LogP contribution in [0.4, 0.5) is 0 Å². The van der Waals surface area contributed by atoms with Gasteiger partial charge in [0.1, 0.15) is 5.82 Å². The quantitative estimate of drug-likeness (QED) is 0.842. The summed E-state index contributed by atoms with van der Waals surface area (Å²) in [6.07, 6.45) is 0. The molecule has 20 heavy (non-hydrogen) atoms. The zero-order chi connectivity index (χ0) is 15.0. The van der Waals surface area contributed by atoms with Gasteiger partial charge in [-0.25, -0.2) is 4.98 Å². The second-order valence-corrected chi connectivity index (χ2v) is 6.89. The smallest absolute Gasteiger partial charge is 0.123 e. The third-order valence-corrected chi connectivity index (χ3v) is 5.00. The molecule has 0 aliphatic carbocycles. The molecule has 2 rings (SSSR count). The number of likely N-dealkylation sites (tertiary alicyclic amines) is 1. The van der Waals surface area contributed by atoms with Crippen molar-refractivity contribution >= 4 is 0 Å². The van der Waals surface area contributed by atoms with Crippen molar-refractivity contribution in [1.82, 2.24) is 19.4 Å². The lowest BCUT2D eigenvalue weighted by Crippen LogP contribution is -2.37. The molecule has 4 heteroatoms. The number of likely N-dealkylation sites (N-methyl/N-ethyl adjacent to an activating group) is 1. The Kier molecular flexibility index (Phi) is 4.55. The van der Waals surface area contributed by atoms with Crippen LogP contribution >= 0.6 is 0 Å². The van der Waals surface area contributed by atoms with Crippen LogP contribution in [-0.2, 0) is 13.6 Å². The maximum Gasteiger partial charge on any atom is 0.123 e. The Balaban J connectivity index is 2.09. The van der Waals surface area contributed by atoms with Gasteiger partial charge in [0.15, 0.2) is 0 Å². The summed E-state index contributed by atoms with van der Waals surface area (Å²) in [6, 6.07) is 0.664. The molecule has 0 amide bonds. The molecule has 0 bridgehead atoms. The third kappa shape index (κ3) is 2.91. The van der Waals surface area contributed by atoms with Crippen molar-refractivity contribution in [2.24, 2.45) is 18.9 Å². The first-order valence-electron chi connectivity index (χ1n) is 7.68. The Morgan fingerprint density at radius 3 is 2.30 bits per heavy atom. The fourth-order valence-corrected chi connectivity index (χ4v) is 3.35. The minimum Gasteiger partial charge on any atom is -0.334 e. The summed E-state index contributed by atoms with van der Waals surface area (Å²) in [5.41, 5.74) is 2.44. The summed E-state index contributed by atoms with van der Waals surface area (Å²) >= 11 is 0. The molecule has 0 aromatic carbocycles. The summed E-state index contributed by atoms with van der Waals surface area (Å²) in [6.45, 7) is 12.3. The first-order valence-corrected chi connectivity index (χ1v) is 7.68. The summed E-state index contributed by atoms with van der Waals surface area (Å²) in [7, 11) is 6.54. The number of nitrogens with zero attached hydrogens (tertiary/aromatic N) is 4. The van der Waals surface area contributed by atoms with Gasteiger partial charge >= 0.3 is 0 Å². The molecule has 1 aliphatic heterocycles. The van der Waals surface area contributed by atoms with E-state index in [1.165, 1.54) is 18.1 Å². The molecular formula is C16H30N4. The molecule has 1 aromatic rings. The van der Waals surface area contributed by atoms with Gasteiger partial charge in [0.2, 0.25) is 0 Å². The van der Waals surface area contributed by atoms with Crippen LogP contribution in [0.1, 0.15) is 31.1 Å². The van der Waals surface area contributed by atoms with Gasteiger partial charge in [0.25, 0.3) is 0 Å².